The van der Waals surface area contributed by atoms with Crippen LogP contribution in [0.25, 0.3) is 0 Å². The molecule has 0 unspecified atom stereocenters. The van der Waals surface area contributed by atoms with Crippen molar-refractivity contribution in [3.8, 4) is 0 Å². The molecule has 0 spiro atoms. The van der Waals surface area contributed by atoms with Crippen LogP contribution in [0, 0.1) is 12.8 Å². The van der Waals surface area contributed by atoms with Gasteiger partial charge in [-0.05, 0) is 43.3 Å². The largest absolute Gasteiger partial charge is 0.455 e. The Morgan fingerprint density at radius 3 is 2.24 bits per heavy atom. The second-order valence-electron chi connectivity index (χ2n) is 7.33. The summed E-state index contributed by atoms with van der Waals surface area (Å²) in [6, 6.07) is 12.8. The van der Waals surface area contributed by atoms with Gasteiger partial charge >= 0.3 is 5.97 Å². The molecule has 0 saturated carbocycles. The number of aryl methyl sites for hydroxylation is 1. The van der Waals surface area contributed by atoms with Crippen LogP contribution in [0.3, 0.4) is 0 Å². The van der Waals surface area contributed by atoms with Crippen LogP contribution in [0.4, 0.5) is 0 Å². The van der Waals surface area contributed by atoms with Gasteiger partial charge in [0, 0.05) is 22.6 Å². The molecule has 1 saturated heterocycles. The van der Waals surface area contributed by atoms with E-state index in [-0.39, 0.29) is 18.5 Å². The summed E-state index contributed by atoms with van der Waals surface area (Å²) < 4.78 is 4.93. The molecule has 1 atom stereocenters. The lowest BCUT2D eigenvalue weighted by Crippen LogP contribution is -2.44. The Morgan fingerprint density at radius 1 is 0.970 bits per heavy atom. The van der Waals surface area contributed by atoms with Crippen molar-refractivity contribution in [2.24, 2.45) is 5.92 Å². The zero-order valence-corrected chi connectivity index (χ0v) is 18.3. The van der Waals surface area contributed by atoms with Crippen LogP contribution < -0.4 is 16.3 Å². The number of benzene rings is 2. The topological polar surface area (TPSA) is 134 Å². The molecule has 0 aliphatic carbocycles. The number of hydrazine groups is 2. The van der Waals surface area contributed by atoms with Crippen LogP contribution in [-0.4, -0.2) is 47.8 Å². The summed E-state index contributed by atoms with van der Waals surface area (Å²) in [6.45, 7) is 1.15. The Labute approximate surface area is 194 Å². The number of nitrogens with zero attached hydrogens (tertiary/aromatic N) is 1. The van der Waals surface area contributed by atoms with Crippen LogP contribution in [-0.2, 0) is 19.1 Å². The summed E-state index contributed by atoms with van der Waals surface area (Å²) in [5.74, 6) is -3.88. The van der Waals surface area contributed by atoms with Crippen molar-refractivity contribution in [1.82, 2.24) is 21.3 Å². The van der Waals surface area contributed by atoms with Crippen molar-refractivity contribution < 1.29 is 28.7 Å². The Morgan fingerprint density at radius 2 is 1.58 bits per heavy atom. The molecule has 4 amide bonds. The molecular formula is C22H21ClN4O6. The van der Waals surface area contributed by atoms with Crippen LogP contribution in [0.5, 0.6) is 0 Å². The number of amides is 4. The fraction of sp³-hybridized carbons (Fsp3) is 0.227. The molecule has 33 heavy (non-hydrogen) atoms. The highest BCUT2D eigenvalue weighted by Crippen LogP contribution is 2.18. The van der Waals surface area contributed by atoms with E-state index >= 15 is 0 Å². The number of ether oxygens (including phenoxy) is 1. The van der Waals surface area contributed by atoms with Crippen LogP contribution >= 0.6 is 11.6 Å². The van der Waals surface area contributed by atoms with Gasteiger partial charge in [-0.25, -0.2) is 0 Å². The maximum absolute atomic E-state index is 12.3. The SMILES string of the molecule is Cc1ccc(C(=O)NN2C[C@H](C(=O)OCC(=O)NNC(=O)c3ccc(Cl)cc3)CC2=O)cc1. The molecule has 1 heterocycles. The monoisotopic (exact) mass is 472 g/mol. The molecule has 0 bridgehead atoms. The van der Waals surface area contributed by atoms with E-state index in [9.17, 15) is 24.0 Å². The van der Waals surface area contributed by atoms with Gasteiger partial charge in [-0.15, -0.1) is 0 Å². The molecule has 0 radical (unpaired) electrons. The Balaban J connectivity index is 1.42. The van der Waals surface area contributed by atoms with E-state index in [2.05, 4.69) is 16.3 Å². The first-order valence-electron chi connectivity index (χ1n) is 9.92. The van der Waals surface area contributed by atoms with E-state index in [0.29, 0.717) is 10.6 Å². The average molecular weight is 473 g/mol. The lowest BCUT2D eigenvalue weighted by Gasteiger charge is -2.17. The zero-order valence-electron chi connectivity index (χ0n) is 17.6. The van der Waals surface area contributed by atoms with E-state index in [0.717, 1.165) is 10.6 Å². The summed E-state index contributed by atoms with van der Waals surface area (Å²) in [7, 11) is 0. The van der Waals surface area contributed by atoms with Crippen molar-refractivity contribution in [2.45, 2.75) is 13.3 Å². The maximum atomic E-state index is 12.3. The first kappa shape index (κ1) is 23.7. The maximum Gasteiger partial charge on any atom is 0.311 e. The van der Waals surface area contributed by atoms with Crippen LogP contribution in [0.1, 0.15) is 32.7 Å². The van der Waals surface area contributed by atoms with Crippen molar-refractivity contribution in [1.29, 1.82) is 0 Å². The highest BCUT2D eigenvalue weighted by atomic mass is 35.5. The minimum absolute atomic E-state index is 0.0792. The lowest BCUT2D eigenvalue weighted by molar-refractivity contribution is -0.152. The second-order valence-corrected chi connectivity index (χ2v) is 7.77. The Bertz CT molecular complexity index is 1070. The number of rotatable bonds is 6. The van der Waals surface area contributed by atoms with Gasteiger partial charge in [-0.2, -0.15) is 0 Å². The number of carbonyl (C=O) groups excluding carboxylic acids is 5. The molecule has 3 rings (SSSR count). The standard InChI is InChI=1S/C22H21ClN4O6/c1-13-2-4-15(5-3-13)21(31)26-27-11-16(10-19(27)29)22(32)33-12-18(28)24-25-20(30)14-6-8-17(23)9-7-14/h2-9,16H,10-12H2,1H3,(H,24,28)(H,25,30)(H,26,31)/t16-/m1/s1. The predicted octanol–water partition coefficient (Wildman–Crippen LogP) is 1.15. The quantitative estimate of drug-likeness (QED) is 0.426. The van der Waals surface area contributed by atoms with E-state index in [1.54, 1.807) is 24.3 Å². The minimum Gasteiger partial charge on any atom is -0.455 e. The lowest BCUT2D eigenvalue weighted by atomic mass is 10.1. The molecule has 1 aliphatic heterocycles. The molecule has 2 aromatic rings. The summed E-state index contributed by atoms with van der Waals surface area (Å²) in [6.07, 6.45) is -0.165. The second kappa shape index (κ2) is 10.6. The van der Waals surface area contributed by atoms with E-state index in [1.807, 2.05) is 6.92 Å². The highest BCUT2D eigenvalue weighted by molar-refractivity contribution is 6.30. The third-order valence-electron chi connectivity index (χ3n) is 4.78. The molecule has 11 heteroatoms. The Hall–Kier alpha value is -3.92. The molecule has 0 aromatic heterocycles. The number of halogens is 1. The summed E-state index contributed by atoms with van der Waals surface area (Å²) in [5.41, 5.74) is 8.41. The zero-order chi connectivity index (χ0) is 24.0. The van der Waals surface area contributed by atoms with Crippen molar-refractivity contribution in [2.75, 3.05) is 13.2 Å². The van der Waals surface area contributed by atoms with E-state index < -0.39 is 42.1 Å². The fourth-order valence-electron chi connectivity index (χ4n) is 2.96. The first-order chi connectivity index (χ1) is 15.7. The normalized spacial score (nSPS) is 15.0. The van der Waals surface area contributed by atoms with E-state index in [1.165, 1.54) is 24.3 Å². The van der Waals surface area contributed by atoms with Crippen molar-refractivity contribution >= 4 is 41.2 Å². The summed E-state index contributed by atoms with van der Waals surface area (Å²) in [5, 5.41) is 1.52. The van der Waals surface area contributed by atoms with Crippen LogP contribution in [0.15, 0.2) is 48.5 Å². The molecule has 172 valence electrons. The molecule has 10 nitrogen and oxygen atoms in total. The number of hydrogen-bond acceptors (Lipinski definition) is 6. The first-order valence-corrected chi connectivity index (χ1v) is 10.3. The fourth-order valence-corrected chi connectivity index (χ4v) is 3.08. The van der Waals surface area contributed by atoms with Gasteiger partial charge in [0.15, 0.2) is 6.61 Å². The third kappa shape index (κ3) is 6.53. The smallest absolute Gasteiger partial charge is 0.311 e. The van der Waals surface area contributed by atoms with Gasteiger partial charge in [-0.1, -0.05) is 29.3 Å². The molecule has 2 aromatic carbocycles. The van der Waals surface area contributed by atoms with Gasteiger partial charge in [0.2, 0.25) is 5.91 Å². The van der Waals surface area contributed by atoms with Crippen molar-refractivity contribution in [3.05, 3.63) is 70.2 Å². The van der Waals surface area contributed by atoms with Gasteiger partial charge in [0.25, 0.3) is 17.7 Å². The molecular weight excluding hydrogens is 452 g/mol. The minimum atomic E-state index is -0.840. The van der Waals surface area contributed by atoms with Gasteiger partial charge < -0.3 is 4.74 Å². The predicted molar refractivity (Wildman–Crippen MR) is 116 cm³/mol. The van der Waals surface area contributed by atoms with Crippen LogP contribution in [0.2, 0.25) is 5.02 Å². The van der Waals surface area contributed by atoms with Gasteiger partial charge in [0.1, 0.15) is 0 Å². The highest BCUT2D eigenvalue weighted by Gasteiger charge is 2.36. The Kier molecular flexibility index (Phi) is 7.62. The third-order valence-corrected chi connectivity index (χ3v) is 5.03. The number of esters is 1. The number of hydrogen-bond donors (Lipinski definition) is 3. The number of carbonyl (C=O) groups is 5. The molecule has 1 aliphatic rings. The van der Waals surface area contributed by atoms with Crippen molar-refractivity contribution in [3.63, 3.8) is 0 Å². The van der Waals surface area contributed by atoms with E-state index in [4.69, 9.17) is 16.3 Å². The molecule has 1 fully saturated rings. The molecule has 3 N–H and O–H groups in total. The summed E-state index contributed by atoms with van der Waals surface area (Å²) in [4.78, 5) is 60.4. The summed E-state index contributed by atoms with van der Waals surface area (Å²) >= 11 is 5.75. The van der Waals surface area contributed by atoms with Gasteiger partial charge in [-0.3, -0.25) is 45.3 Å². The average Bonchev–Trinajstić information content (AvgIpc) is 3.16. The number of nitrogens with one attached hydrogen (secondary N) is 3. The van der Waals surface area contributed by atoms with Gasteiger partial charge in [0.05, 0.1) is 12.5 Å².